The van der Waals surface area contributed by atoms with Crippen LogP contribution in [0.15, 0.2) is 28.0 Å². The largest absolute Gasteiger partial charge is 0.445 e. The van der Waals surface area contributed by atoms with Gasteiger partial charge >= 0.3 is 5.51 Å². The summed E-state index contributed by atoms with van der Waals surface area (Å²) in [6, 6.07) is 5.49. The zero-order chi connectivity index (χ0) is 18.5. The van der Waals surface area contributed by atoms with Crippen molar-refractivity contribution in [1.29, 1.82) is 0 Å². The van der Waals surface area contributed by atoms with Crippen molar-refractivity contribution in [2.75, 3.05) is 0 Å². The molecule has 1 aliphatic carbocycles. The second-order valence-corrected chi connectivity index (χ2v) is 12.1. The fourth-order valence-electron chi connectivity index (χ4n) is 3.89. The van der Waals surface area contributed by atoms with Crippen molar-refractivity contribution in [3.05, 3.63) is 34.2 Å². The summed E-state index contributed by atoms with van der Waals surface area (Å²) >= 11 is 0. The van der Waals surface area contributed by atoms with E-state index in [0.29, 0.717) is 15.4 Å². The number of halogens is 4. The molecule has 0 bridgehead atoms. The summed E-state index contributed by atoms with van der Waals surface area (Å²) in [4.78, 5) is 0.748. The molecule has 1 aromatic rings. The van der Waals surface area contributed by atoms with Crippen molar-refractivity contribution < 1.29 is 13.2 Å². The van der Waals surface area contributed by atoms with Crippen LogP contribution in [0.2, 0.25) is 0 Å². The van der Waals surface area contributed by atoms with Crippen molar-refractivity contribution in [2.45, 2.75) is 75.1 Å². The molecule has 0 nitrogen and oxygen atoms in total. The van der Waals surface area contributed by atoms with Gasteiger partial charge in [0.2, 0.25) is 0 Å². The monoisotopic (exact) mass is 390 g/mol. The predicted molar refractivity (Wildman–Crippen MR) is 102 cm³/mol. The van der Waals surface area contributed by atoms with Crippen molar-refractivity contribution in [3.8, 4) is 0 Å². The predicted octanol–water partition coefficient (Wildman–Crippen LogP) is 8.15. The molecule has 0 spiro atoms. The van der Waals surface area contributed by atoms with Gasteiger partial charge in [0.25, 0.3) is 0 Å². The number of allylic oxidation sites excluding steroid dienone is 1. The van der Waals surface area contributed by atoms with Crippen LogP contribution < -0.4 is 0 Å². The van der Waals surface area contributed by atoms with Crippen molar-refractivity contribution in [2.24, 2.45) is 5.92 Å². The SMILES string of the molecule is CC(C)(C)c1ccc2c(c1)S(Cl)(C(F)(F)F)C(C1CCCCCC1)=C2. The fourth-order valence-corrected chi connectivity index (χ4v) is 7.30. The van der Waals surface area contributed by atoms with E-state index in [1.807, 2.05) is 32.9 Å². The summed E-state index contributed by atoms with van der Waals surface area (Å²) < 4.78 is 42.7. The second kappa shape index (κ2) is 6.53. The third-order valence-corrected chi connectivity index (χ3v) is 9.64. The first-order valence-electron chi connectivity index (χ1n) is 9.00. The van der Waals surface area contributed by atoms with Crippen molar-refractivity contribution in [1.82, 2.24) is 0 Å². The first kappa shape index (κ1) is 19.2. The molecule has 1 heterocycles. The van der Waals surface area contributed by atoms with E-state index in [0.717, 1.165) is 44.1 Å². The van der Waals surface area contributed by atoms with E-state index in [2.05, 4.69) is 0 Å². The van der Waals surface area contributed by atoms with Crippen LogP contribution in [0.5, 0.6) is 0 Å². The van der Waals surface area contributed by atoms with Gasteiger partial charge in [-0.1, -0.05) is 58.6 Å². The van der Waals surface area contributed by atoms with Gasteiger partial charge < -0.3 is 0 Å². The number of alkyl halides is 3. The normalized spacial score (nSPS) is 28.0. The zero-order valence-electron chi connectivity index (χ0n) is 15.0. The third kappa shape index (κ3) is 3.37. The Balaban J connectivity index is 2.11. The molecule has 0 saturated heterocycles. The molecule has 140 valence electrons. The molecule has 0 amide bonds. The first-order chi connectivity index (χ1) is 11.5. The van der Waals surface area contributed by atoms with E-state index >= 15 is 0 Å². The van der Waals surface area contributed by atoms with Gasteiger partial charge in [-0.05, 0) is 72.3 Å². The summed E-state index contributed by atoms with van der Waals surface area (Å²) in [6.45, 7) is 6.05. The molecule has 25 heavy (non-hydrogen) atoms. The van der Waals surface area contributed by atoms with Crippen LogP contribution in [0.3, 0.4) is 0 Å². The topological polar surface area (TPSA) is 0 Å². The molecule has 1 unspecified atom stereocenters. The minimum atomic E-state index is -4.42. The quantitative estimate of drug-likeness (QED) is 0.424. The molecule has 5 heteroatoms. The van der Waals surface area contributed by atoms with E-state index in [9.17, 15) is 13.2 Å². The smallest absolute Gasteiger partial charge is 0.160 e. The maximum atomic E-state index is 14.2. The van der Waals surface area contributed by atoms with Gasteiger partial charge in [-0.2, -0.15) is 13.2 Å². The van der Waals surface area contributed by atoms with Crippen LogP contribution in [0, 0.1) is 5.92 Å². The number of hydrogen-bond donors (Lipinski definition) is 0. The Morgan fingerprint density at radius 1 is 1.00 bits per heavy atom. The van der Waals surface area contributed by atoms with E-state index in [1.54, 1.807) is 12.1 Å². The molecular weight excluding hydrogens is 365 g/mol. The van der Waals surface area contributed by atoms with Crippen LogP contribution in [-0.4, -0.2) is 5.51 Å². The first-order valence-corrected chi connectivity index (χ1v) is 11.5. The lowest BCUT2D eigenvalue weighted by Crippen LogP contribution is -2.20. The molecule has 1 atom stereocenters. The molecule has 1 aliphatic heterocycles. The highest BCUT2D eigenvalue weighted by molar-refractivity contribution is 8.54. The summed E-state index contributed by atoms with van der Waals surface area (Å²) in [6.07, 6.45) is 7.62. The van der Waals surface area contributed by atoms with Crippen LogP contribution in [0.1, 0.15) is 70.4 Å². The molecule has 1 fully saturated rings. The average Bonchev–Trinajstić information content (AvgIpc) is 2.67. The molecule has 0 aromatic heterocycles. The maximum absolute atomic E-state index is 14.2. The number of rotatable bonds is 1. The Morgan fingerprint density at radius 2 is 1.60 bits per heavy atom. The lowest BCUT2D eigenvalue weighted by Gasteiger charge is -2.38. The molecule has 1 aromatic carbocycles. The minimum absolute atomic E-state index is 0.0397. The second-order valence-electron chi connectivity index (χ2n) is 8.22. The maximum Gasteiger partial charge on any atom is 0.445 e. The number of hydrogen-bond acceptors (Lipinski definition) is 0. The number of benzene rings is 1. The Morgan fingerprint density at radius 3 is 2.12 bits per heavy atom. The Bertz CT molecular complexity index is 679. The van der Waals surface area contributed by atoms with Crippen LogP contribution in [0.25, 0.3) is 6.08 Å². The highest BCUT2D eigenvalue weighted by Crippen LogP contribution is 2.81. The van der Waals surface area contributed by atoms with Crippen LogP contribution in [0.4, 0.5) is 13.2 Å². The van der Waals surface area contributed by atoms with Gasteiger partial charge in [0.1, 0.15) is 0 Å². The summed E-state index contributed by atoms with van der Waals surface area (Å²) in [5.41, 5.74) is -3.06. The molecule has 0 N–H and O–H groups in total. The Labute approximate surface area is 154 Å². The van der Waals surface area contributed by atoms with E-state index < -0.39 is 14.7 Å². The summed E-state index contributed by atoms with van der Waals surface area (Å²) in [5.74, 6) is -0.0397. The lowest BCUT2D eigenvalue weighted by atomic mass is 9.86. The molecule has 1 saturated carbocycles. The molecule has 0 radical (unpaired) electrons. The Hall–Kier alpha value is -0.610. The highest BCUT2D eigenvalue weighted by atomic mass is 35.7. The fraction of sp³-hybridized carbons (Fsp3) is 0.600. The van der Waals surface area contributed by atoms with Gasteiger partial charge in [-0.15, -0.1) is 0 Å². The standard InChI is InChI=1S/C20H26ClF3S/c1-19(2,3)16-11-10-15-12-17(14-8-6-4-5-7-9-14)25(21,18(15)13-16)20(22,23)24/h10-14H,4-9H2,1-3H3. The summed E-state index contributed by atoms with van der Waals surface area (Å²) in [7, 11) is 3.06. The lowest BCUT2D eigenvalue weighted by molar-refractivity contribution is -0.0361. The molecule has 2 aliphatic rings. The van der Waals surface area contributed by atoms with Crippen LogP contribution >= 0.6 is 19.9 Å². The third-order valence-electron chi connectivity index (χ3n) is 5.38. The van der Waals surface area contributed by atoms with E-state index in [-0.39, 0.29) is 11.3 Å². The van der Waals surface area contributed by atoms with E-state index in [4.69, 9.17) is 10.7 Å². The van der Waals surface area contributed by atoms with Gasteiger partial charge in [0.15, 0.2) is 0 Å². The average molecular weight is 391 g/mol. The van der Waals surface area contributed by atoms with Crippen molar-refractivity contribution >= 4 is 26.0 Å². The Kier molecular flexibility index (Phi) is 5.00. The van der Waals surface area contributed by atoms with Crippen LogP contribution in [-0.2, 0) is 5.41 Å². The van der Waals surface area contributed by atoms with Gasteiger partial charge in [-0.25, -0.2) is 0 Å². The minimum Gasteiger partial charge on any atom is -0.160 e. The zero-order valence-corrected chi connectivity index (χ0v) is 16.6. The number of fused-ring (bicyclic) bond motifs is 1. The van der Waals surface area contributed by atoms with Gasteiger partial charge in [0, 0.05) is 4.90 Å². The highest BCUT2D eigenvalue weighted by Gasteiger charge is 2.57. The van der Waals surface area contributed by atoms with Gasteiger partial charge in [0.05, 0.1) is 0 Å². The van der Waals surface area contributed by atoms with Crippen molar-refractivity contribution in [3.63, 3.8) is 0 Å². The molecule has 3 rings (SSSR count). The van der Waals surface area contributed by atoms with E-state index in [1.165, 1.54) is 0 Å². The van der Waals surface area contributed by atoms with Gasteiger partial charge in [-0.3, -0.25) is 0 Å². The summed E-state index contributed by atoms with van der Waals surface area (Å²) in [5, 5.41) is 0. The molecular formula is C20H26ClF3S.